The minimum atomic E-state index is -3.56. The molecule has 2 rings (SSSR count). The number of hydrogen-bond acceptors (Lipinski definition) is 4. The van der Waals surface area contributed by atoms with Gasteiger partial charge in [-0.1, -0.05) is 19.9 Å². The van der Waals surface area contributed by atoms with Gasteiger partial charge in [-0.2, -0.15) is 4.31 Å². The Kier molecular flexibility index (Phi) is 4.60. The summed E-state index contributed by atoms with van der Waals surface area (Å²) in [5.74, 6) is -0.262. The lowest BCUT2D eigenvalue weighted by Crippen LogP contribution is -2.38. The van der Waals surface area contributed by atoms with Crippen molar-refractivity contribution < 1.29 is 13.2 Å². The van der Waals surface area contributed by atoms with Crippen molar-refractivity contribution in [2.24, 2.45) is 5.73 Å². The lowest BCUT2D eigenvalue weighted by atomic mass is 10.2. The average molecular weight is 325 g/mol. The highest BCUT2D eigenvalue weighted by molar-refractivity contribution is 7.89. The van der Waals surface area contributed by atoms with E-state index in [0.29, 0.717) is 37.2 Å². The van der Waals surface area contributed by atoms with Crippen molar-refractivity contribution in [2.75, 3.05) is 18.4 Å². The number of aryl methyl sites for hydroxylation is 1. The number of carbonyl (C=O) groups excluding carboxylic acids is 1. The molecular formula is C15H23N3O3S. The summed E-state index contributed by atoms with van der Waals surface area (Å²) >= 11 is 0. The van der Waals surface area contributed by atoms with Crippen molar-refractivity contribution in [3.8, 4) is 0 Å². The van der Waals surface area contributed by atoms with Crippen LogP contribution in [0.3, 0.4) is 0 Å². The number of sulfonamides is 1. The van der Waals surface area contributed by atoms with E-state index in [0.717, 1.165) is 0 Å². The van der Waals surface area contributed by atoms with Crippen molar-refractivity contribution in [3.05, 3.63) is 23.8 Å². The number of amides is 1. The Morgan fingerprint density at radius 1 is 1.32 bits per heavy atom. The van der Waals surface area contributed by atoms with Crippen LogP contribution in [-0.4, -0.2) is 37.3 Å². The molecular weight excluding hydrogens is 302 g/mol. The van der Waals surface area contributed by atoms with Crippen LogP contribution in [0.5, 0.6) is 0 Å². The molecule has 0 heterocycles. The molecule has 0 unspecified atom stereocenters. The molecule has 6 nitrogen and oxygen atoms in total. The van der Waals surface area contributed by atoms with E-state index in [1.165, 1.54) is 10.4 Å². The lowest BCUT2D eigenvalue weighted by molar-refractivity contribution is -0.118. The number of carbonyl (C=O) groups is 1. The number of anilines is 1. The smallest absolute Gasteiger partial charge is 0.244 e. The first-order valence-corrected chi connectivity index (χ1v) is 8.89. The predicted octanol–water partition coefficient (Wildman–Crippen LogP) is 1.46. The Hall–Kier alpha value is -1.44. The van der Waals surface area contributed by atoms with Crippen molar-refractivity contribution in [1.82, 2.24) is 4.31 Å². The zero-order valence-corrected chi connectivity index (χ0v) is 14.0. The maximum absolute atomic E-state index is 12.7. The van der Waals surface area contributed by atoms with Crippen LogP contribution >= 0.6 is 0 Å². The van der Waals surface area contributed by atoms with Crippen molar-refractivity contribution in [2.45, 2.75) is 44.0 Å². The Balaban J connectivity index is 2.33. The van der Waals surface area contributed by atoms with Crippen LogP contribution in [0.1, 0.15) is 32.3 Å². The molecule has 1 aromatic rings. The highest BCUT2D eigenvalue weighted by Gasteiger charge is 2.46. The van der Waals surface area contributed by atoms with Crippen molar-refractivity contribution >= 4 is 21.6 Å². The van der Waals surface area contributed by atoms with Crippen molar-refractivity contribution in [1.29, 1.82) is 0 Å². The zero-order chi connectivity index (χ0) is 16.5. The molecule has 3 N–H and O–H groups in total. The van der Waals surface area contributed by atoms with Gasteiger partial charge >= 0.3 is 0 Å². The lowest BCUT2D eigenvalue weighted by Gasteiger charge is -2.20. The fourth-order valence-corrected chi connectivity index (χ4v) is 3.98. The summed E-state index contributed by atoms with van der Waals surface area (Å²) in [4.78, 5) is 12.2. The number of rotatable bonds is 6. The molecule has 122 valence electrons. The Bertz CT molecular complexity index is 677. The summed E-state index contributed by atoms with van der Waals surface area (Å²) in [5.41, 5.74) is 6.16. The molecule has 1 aromatic carbocycles. The van der Waals surface area contributed by atoms with Gasteiger partial charge in [-0.3, -0.25) is 4.79 Å². The van der Waals surface area contributed by atoms with Crippen LogP contribution in [0.4, 0.5) is 5.69 Å². The highest BCUT2D eigenvalue weighted by Crippen LogP contribution is 2.33. The van der Waals surface area contributed by atoms with Gasteiger partial charge in [-0.15, -0.1) is 0 Å². The van der Waals surface area contributed by atoms with Gasteiger partial charge in [-0.05, 0) is 37.5 Å². The van der Waals surface area contributed by atoms with E-state index in [1.54, 1.807) is 32.9 Å². The Labute approximate surface area is 131 Å². The van der Waals surface area contributed by atoms with Crippen LogP contribution < -0.4 is 11.1 Å². The summed E-state index contributed by atoms with van der Waals surface area (Å²) in [6.07, 6.45) is 1.32. The van der Waals surface area contributed by atoms with Crippen LogP contribution in [0.15, 0.2) is 23.1 Å². The van der Waals surface area contributed by atoms with Gasteiger partial charge in [0.1, 0.15) is 0 Å². The molecule has 1 aliphatic carbocycles. The number of nitrogens with zero attached hydrogens (tertiary/aromatic N) is 1. The van der Waals surface area contributed by atoms with Gasteiger partial charge in [-0.25, -0.2) is 8.42 Å². The molecule has 1 saturated carbocycles. The first-order valence-electron chi connectivity index (χ1n) is 7.45. The minimum Gasteiger partial charge on any atom is -0.324 e. The summed E-state index contributed by atoms with van der Waals surface area (Å²) < 4.78 is 26.7. The standard InChI is InChI=1S/C15H23N3O3S/c1-4-18(5-2)22(20,21)13-10-12(7-6-11(13)3)17-14(19)15(16)8-9-15/h6-7,10H,4-5,8-9,16H2,1-3H3,(H,17,19). The molecule has 22 heavy (non-hydrogen) atoms. The molecule has 0 saturated heterocycles. The normalized spacial score (nSPS) is 16.6. The van der Waals surface area contributed by atoms with Crippen LogP contribution in [-0.2, 0) is 14.8 Å². The molecule has 0 atom stereocenters. The number of nitrogens with one attached hydrogen (secondary N) is 1. The molecule has 0 spiro atoms. The maximum Gasteiger partial charge on any atom is 0.244 e. The Morgan fingerprint density at radius 2 is 1.91 bits per heavy atom. The minimum absolute atomic E-state index is 0.218. The molecule has 1 aliphatic rings. The maximum atomic E-state index is 12.7. The zero-order valence-electron chi connectivity index (χ0n) is 13.2. The molecule has 0 aromatic heterocycles. The Morgan fingerprint density at radius 3 is 2.41 bits per heavy atom. The van der Waals surface area contributed by atoms with E-state index >= 15 is 0 Å². The van der Waals surface area contributed by atoms with E-state index in [9.17, 15) is 13.2 Å². The quantitative estimate of drug-likeness (QED) is 0.828. The molecule has 0 radical (unpaired) electrons. The third kappa shape index (κ3) is 3.16. The summed E-state index contributed by atoms with van der Waals surface area (Å²) in [6.45, 7) is 6.15. The van der Waals surface area contributed by atoms with Gasteiger partial charge in [0.25, 0.3) is 0 Å². The summed E-state index contributed by atoms with van der Waals surface area (Å²) in [7, 11) is -3.56. The van der Waals surface area contributed by atoms with Gasteiger partial charge in [0, 0.05) is 18.8 Å². The largest absolute Gasteiger partial charge is 0.324 e. The van der Waals surface area contributed by atoms with Crippen molar-refractivity contribution in [3.63, 3.8) is 0 Å². The van der Waals surface area contributed by atoms with Gasteiger partial charge < -0.3 is 11.1 Å². The number of benzene rings is 1. The average Bonchev–Trinajstić information content (AvgIpc) is 3.21. The van der Waals surface area contributed by atoms with E-state index < -0.39 is 15.6 Å². The topological polar surface area (TPSA) is 92.5 Å². The van der Waals surface area contributed by atoms with E-state index in [4.69, 9.17) is 5.73 Å². The molecule has 1 fully saturated rings. The molecule has 0 aliphatic heterocycles. The third-order valence-electron chi connectivity index (χ3n) is 4.01. The second-order valence-corrected chi connectivity index (χ2v) is 7.59. The molecule has 1 amide bonds. The van der Waals surface area contributed by atoms with E-state index in [2.05, 4.69) is 5.32 Å². The highest BCUT2D eigenvalue weighted by atomic mass is 32.2. The van der Waals surface area contributed by atoms with E-state index in [-0.39, 0.29) is 10.8 Å². The second-order valence-electron chi connectivity index (χ2n) is 5.68. The summed E-state index contributed by atoms with van der Waals surface area (Å²) in [5, 5.41) is 2.71. The molecule has 7 heteroatoms. The van der Waals surface area contributed by atoms with E-state index in [1.807, 2.05) is 0 Å². The number of hydrogen-bond donors (Lipinski definition) is 2. The monoisotopic (exact) mass is 325 g/mol. The fraction of sp³-hybridized carbons (Fsp3) is 0.533. The van der Waals surface area contributed by atoms with Crippen LogP contribution in [0.2, 0.25) is 0 Å². The third-order valence-corrected chi connectivity index (χ3v) is 6.20. The van der Waals surface area contributed by atoms with Gasteiger partial charge in [0.05, 0.1) is 10.4 Å². The fourth-order valence-electron chi connectivity index (χ4n) is 2.28. The second kappa shape index (κ2) is 5.98. The first-order chi connectivity index (χ1) is 10.2. The van der Waals surface area contributed by atoms with Gasteiger partial charge in [0.2, 0.25) is 15.9 Å². The van der Waals surface area contributed by atoms with Crippen LogP contribution in [0.25, 0.3) is 0 Å². The summed E-state index contributed by atoms with van der Waals surface area (Å²) in [6, 6.07) is 4.90. The molecule has 0 bridgehead atoms. The van der Waals surface area contributed by atoms with Crippen LogP contribution in [0, 0.1) is 6.92 Å². The number of nitrogens with two attached hydrogens (primary N) is 1. The first kappa shape index (κ1) is 16.9. The van der Waals surface area contributed by atoms with Gasteiger partial charge in [0.15, 0.2) is 0 Å². The predicted molar refractivity (Wildman–Crippen MR) is 86.1 cm³/mol. The SMILES string of the molecule is CCN(CC)S(=O)(=O)c1cc(NC(=O)C2(N)CC2)ccc1C.